The predicted molar refractivity (Wildman–Crippen MR) is 110 cm³/mol. The van der Waals surface area contributed by atoms with Crippen LogP contribution in [-0.2, 0) is 17.6 Å². The second kappa shape index (κ2) is 7.18. The Morgan fingerprint density at radius 2 is 2.12 bits per heavy atom. The van der Waals surface area contributed by atoms with E-state index in [4.69, 9.17) is 11.6 Å². The summed E-state index contributed by atoms with van der Waals surface area (Å²) in [5.74, 6) is 0.665. The number of benzene rings is 1. The quantitative estimate of drug-likeness (QED) is 0.476. The molecular formula is C19H18ClN3OS2. The number of thioether (sulfide) groups is 1. The van der Waals surface area contributed by atoms with E-state index in [1.54, 1.807) is 23.5 Å². The van der Waals surface area contributed by atoms with Crippen LogP contribution in [0.15, 0.2) is 29.3 Å². The van der Waals surface area contributed by atoms with Crippen LogP contribution in [0.5, 0.6) is 0 Å². The SMILES string of the molecule is Cc1nc(S[C@@H](C)C(=O)Nc2ccccc2Cl)c2c3c(sc2n1)CCC3. The number of anilines is 1. The first-order valence-corrected chi connectivity index (χ1v) is 10.6. The molecule has 0 radical (unpaired) electrons. The first-order chi connectivity index (χ1) is 12.5. The van der Waals surface area contributed by atoms with Gasteiger partial charge in [-0.25, -0.2) is 9.97 Å². The number of hydrogen-bond donors (Lipinski definition) is 1. The van der Waals surface area contributed by atoms with E-state index in [-0.39, 0.29) is 11.2 Å². The smallest absolute Gasteiger partial charge is 0.237 e. The number of nitrogens with one attached hydrogen (secondary N) is 1. The zero-order chi connectivity index (χ0) is 18.3. The molecule has 134 valence electrons. The van der Waals surface area contributed by atoms with Crippen LogP contribution >= 0.6 is 34.7 Å². The molecule has 0 fully saturated rings. The van der Waals surface area contributed by atoms with Crippen molar-refractivity contribution >= 4 is 56.5 Å². The van der Waals surface area contributed by atoms with Gasteiger partial charge in [0, 0.05) is 10.3 Å². The van der Waals surface area contributed by atoms with Gasteiger partial charge in [-0.3, -0.25) is 4.79 Å². The van der Waals surface area contributed by atoms with Crippen LogP contribution in [0.2, 0.25) is 5.02 Å². The number of carbonyl (C=O) groups is 1. The Hall–Kier alpha value is -1.63. The number of nitrogens with zero attached hydrogens (tertiary/aromatic N) is 2. The molecule has 3 aromatic rings. The lowest BCUT2D eigenvalue weighted by Crippen LogP contribution is -2.22. The number of aryl methyl sites for hydroxylation is 3. The van der Waals surface area contributed by atoms with Crippen molar-refractivity contribution in [1.29, 1.82) is 0 Å². The van der Waals surface area contributed by atoms with Crippen molar-refractivity contribution in [3.8, 4) is 0 Å². The number of halogens is 1. The van der Waals surface area contributed by atoms with Crippen LogP contribution in [0.1, 0.15) is 29.6 Å². The second-order valence-electron chi connectivity index (χ2n) is 6.34. The fraction of sp³-hybridized carbons (Fsp3) is 0.316. The van der Waals surface area contributed by atoms with E-state index in [0.29, 0.717) is 10.7 Å². The highest BCUT2D eigenvalue weighted by atomic mass is 35.5. The highest BCUT2D eigenvalue weighted by molar-refractivity contribution is 8.00. The molecule has 2 aromatic heterocycles. The van der Waals surface area contributed by atoms with Crippen LogP contribution < -0.4 is 5.32 Å². The van der Waals surface area contributed by atoms with Gasteiger partial charge < -0.3 is 5.32 Å². The third-order valence-electron chi connectivity index (χ3n) is 4.43. The van der Waals surface area contributed by atoms with Crippen molar-refractivity contribution in [2.75, 3.05) is 5.32 Å². The number of amides is 1. The average molecular weight is 404 g/mol. The van der Waals surface area contributed by atoms with E-state index in [2.05, 4.69) is 15.3 Å². The molecule has 1 atom stereocenters. The third kappa shape index (κ3) is 3.33. The van der Waals surface area contributed by atoms with Crippen LogP contribution in [0.25, 0.3) is 10.2 Å². The van der Waals surface area contributed by atoms with Gasteiger partial charge in [-0.1, -0.05) is 35.5 Å². The van der Waals surface area contributed by atoms with Crippen molar-refractivity contribution < 1.29 is 4.79 Å². The summed E-state index contributed by atoms with van der Waals surface area (Å²) in [7, 11) is 0. The molecule has 0 spiro atoms. The van der Waals surface area contributed by atoms with E-state index in [9.17, 15) is 4.79 Å². The van der Waals surface area contributed by atoms with Crippen molar-refractivity contribution in [1.82, 2.24) is 9.97 Å². The van der Waals surface area contributed by atoms with Gasteiger partial charge in [-0.05, 0) is 50.8 Å². The van der Waals surface area contributed by atoms with E-state index in [1.165, 1.54) is 28.6 Å². The molecule has 0 bridgehead atoms. The van der Waals surface area contributed by atoms with Gasteiger partial charge in [0.2, 0.25) is 5.91 Å². The highest BCUT2D eigenvalue weighted by Crippen LogP contribution is 2.41. The summed E-state index contributed by atoms with van der Waals surface area (Å²) in [6.07, 6.45) is 3.40. The second-order valence-corrected chi connectivity index (χ2v) is 9.16. The number of rotatable bonds is 4. The average Bonchev–Trinajstić information content (AvgIpc) is 3.17. The van der Waals surface area contributed by atoms with Gasteiger partial charge in [-0.15, -0.1) is 11.3 Å². The summed E-state index contributed by atoms with van der Waals surface area (Å²) in [6.45, 7) is 3.80. The molecule has 4 rings (SSSR count). The summed E-state index contributed by atoms with van der Waals surface area (Å²) in [4.78, 5) is 24.4. The maximum absolute atomic E-state index is 12.6. The molecule has 7 heteroatoms. The highest BCUT2D eigenvalue weighted by Gasteiger charge is 2.24. The molecular weight excluding hydrogens is 386 g/mol. The molecule has 0 saturated carbocycles. The fourth-order valence-electron chi connectivity index (χ4n) is 3.17. The molecule has 1 N–H and O–H groups in total. The minimum Gasteiger partial charge on any atom is -0.324 e. The molecule has 0 aliphatic heterocycles. The van der Waals surface area contributed by atoms with Crippen molar-refractivity contribution in [2.24, 2.45) is 0 Å². The van der Waals surface area contributed by atoms with E-state index in [0.717, 1.165) is 33.9 Å². The Bertz CT molecular complexity index is 1000. The zero-order valence-corrected chi connectivity index (χ0v) is 16.9. The molecule has 26 heavy (non-hydrogen) atoms. The first-order valence-electron chi connectivity index (χ1n) is 8.54. The summed E-state index contributed by atoms with van der Waals surface area (Å²) < 4.78 is 0. The van der Waals surface area contributed by atoms with Gasteiger partial charge in [0.05, 0.1) is 16.0 Å². The molecule has 0 unspecified atom stereocenters. The standard InChI is InChI=1S/C19H18ClN3OS2/c1-10(17(24)23-14-8-4-3-7-13(14)20)25-18-16-12-6-5-9-15(12)26-19(16)22-11(2)21-18/h3-4,7-8,10H,5-6,9H2,1-2H3,(H,23,24)/t10-/m0/s1. The van der Waals surface area contributed by atoms with E-state index < -0.39 is 0 Å². The third-order valence-corrected chi connectivity index (χ3v) is 7.03. The van der Waals surface area contributed by atoms with E-state index in [1.807, 2.05) is 26.0 Å². The van der Waals surface area contributed by atoms with Crippen LogP contribution in [0.3, 0.4) is 0 Å². The maximum atomic E-state index is 12.6. The summed E-state index contributed by atoms with van der Waals surface area (Å²) >= 11 is 9.40. The number of carbonyl (C=O) groups excluding carboxylic acids is 1. The number of para-hydroxylation sites is 1. The molecule has 0 saturated heterocycles. The lowest BCUT2D eigenvalue weighted by Gasteiger charge is -2.13. The summed E-state index contributed by atoms with van der Waals surface area (Å²) in [5, 5.41) is 5.21. The number of fused-ring (bicyclic) bond motifs is 3. The summed E-state index contributed by atoms with van der Waals surface area (Å²) in [5.41, 5.74) is 2.01. The van der Waals surface area contributed by atoms with Crippen molar-refractivity contribution in [2.45, 2.75) is 43.4 Å². The number of aromatic nitrogens is 2. The van der Waals surface area contributed by atoms with Crippen LogP contribution in [-0.4, -0.2) is 21.1 Å². The van der Waals surface area contributed by atoms with Crippen molar-refractivity contribution in [3.63, 3.8) is 0 Å². The Labute approximate surface area is 165 Å². The Kier molecular flexibility index (Phi) is 4.90. The van der Waals surface area contributed by atoms with Gasteiger partial charge in [0.25, 0.3) is 0 Å². The first kappa shape index (κ1) is 17.8. The van der Waals surface area contributed by atoms with Gasteiger partial charge >= 0.3 is 0 Å². The molecule has 1 aliphatic rings. The maximum Gasteiger partial charge on any atom is 0.237 e. The van der Waals surface area contributed by atoms with Crippen LogP contribution in [0.4, 0.5) is 5.69 Å². The topological polar surface area (TPSA) is 54.9 Å². The minimum atomic E-state index is -0.291. The summed E-state index contributed by atoms with van der Waals surface area (Å²) in [6, 6.07) is 7.26. The van der Waals surface area contributed by atoms with E-state index >= 15 is 0 Å². The zero-order valence-electron chi connectivity index (χ0n) is 14.5. The molecule has 1 aliphatic carbocycles. The van der Waals surface area contributed by atoms with Crippen LogP contribution in [0, 0.1) is 6.92 Å². The molecule has 1 amide bonds. The Balaban J connectivity index is 1.60. The Morgan fingerprint density at radius 1 is 1.31 bits per heavy atom. The lowest BCUT2D eigenvalue weighted by molar-refractivity contribution is -0.115. The molecule has 2 heterocycles. The fourth-order valence-corrected chi connectivity index (χ4v) is 5.74. The number of thiophene rings is 1. The largest absolute Gasteiger partial charge is 0.324 e. The number of hydrogen-bond acceptors (Lipinski definition) is 5. The molecule has 1 aromatic carbocycles. The van der Waals surface area contributed by atoms with Gasteiger partial charge in [0.1, 0.15) is 15.7 Å². The normalized spacial score (nSPS) is 14.4. The predicted octanol–water partition coefficient (Wildman–Crippen LogP) is 5.26. The molecule has 4 nitrogen and oxygen atoms in total. The monoisotopic (exact) mass is 403 g/mol. The Morgan fingerprint density at radius 3 is 2.92 bits per heavy atom. The van der Waals surface area contributed by atoms with Crippen molar-refractivity contribution in [3.05, 3.63) is 45.6 Å². The minimum absolute atomic E-state index is 0.0839. The van der Waals surface area contributed by atoms with Gasteiger partial charge in [0.15, 0.2) is 0 Å². The lowest BCUT2D eigenvalue weighted by atomic mass is 10.2. The van der Waals surface area contributed by atoms with Gasteiger partial charge in [-0.2, -0.15) is 0 Å².